The van der Waals surface area contributed by atoms with E-state index in [1.165, 1.54) is 0 Å². The summed E-state index contributed by atoms with van der Waals surface area (Å²) in [6, 6.07) is 24.3. The molecule has 0 saturated heterocycles. The fourth-order valence-corrected chi connectivity index (χ4v) is 2.70. The Balaban J connectivity index is 1.65. The van der Waals surface area contributed by atoms with Crippen molar-refractivity contribution in [2.75, 3.05) is 11.9 Å². The van der Waals surface area contributed by atoms with Crippen LogP contribution < -0.4 is 5.32 Å². The monoisotopic (exact) mass is 350 g/mol. The first kappa shape index (κ1) is 18.0. The number of nitrogens with zero attached hydrogens (tertiary/aromatic N) is 1. The lowest BCUT2D eigenvalue weighted by atomic mass is 9.97. The Morgan fingerprint density at radius 3 is 2.33 bits per heavy atom. The summed E-state index contributed by atoms with van der Waals surface area (Å²) in [5.74, 6) is 6.21. The van der Waals surface area contributed by atoms with Gasteiger partial charge in [-0.1, -0.05) is 42.2 Å². The molecule has 0 unspecified atom stereocenters. The van der Waals surface area contributed by atoms with Crippen LogP contribution in [0, 0.1) is 30.1 Å². The van der Waals surface area contributed by atoms with E-state index in [9.17, 15) is 4.79 Å². The molecular formula is C24H18N2O. The van der Waals surface area contributed by atoms with E-state index in [4.69, 9.17) is 5.26 Å². The van der Waals surface area contributed by atoms with Gasteiger partial charge in [-0.15, -0.1) is 0 Å². The summed E-state index contributed by atoms with van der Waals surface area (Å²) in [6.45, 7) is 2.42. The number of aryl methyl sites for hydroxylation is 1. The van der Waals surface area contributed by atoms with Crippen LogP contribution in [0.4, 0.5) is 5.69 Å². The van der Waals surface area contributed by atoms with Crippen LogP contribution in [0.15, 0.2) is 72.8 Å². The van der Waals surface area contributed by atoms with Gasteiger partial charge in [0.2, 0.25) is 0 Å². The number of anilines is 1. The Morgan fingerprint density at radius 2 is 1.67 bits per heavy atom. The molecule has 0 spiro atoms. The second kappa shape index (κ2) is 8.52. The number of ketones is 1. The molecule has 3 aromatic rings. The fourth-order valence-electron chi connectivity index (χ4n) is 2.70. The average molecular weight is 350 g/mol. The number of hydrogen-bond donors (Lipinski definition) is 1. The first-order valence-corrected chi connectivity index (χ1v) is 8.60. The SMILES string of the molecule is Cc1cc(C#CCNc2ccc(C#N)cc2)ccc1C(=O)c1ccccc1. The number of nitrogens with one attached hydrogen (secondary N) is 1. The highest BCUT2D eigenvalue weighted by molar-refractivity contribution is 6.09. The van der Waals surface area contributed by atoms with Gasteiger partial charge in [0, 0.05) is 22.4 Å². The molecular weight excluding hydrogens is 332 g/mol. The summed E-state index contributed by atoms with van der Waals surface area (Å²) in [6.07, 6.45) is 0. The first-order chi connectivity index (χ1) is 13.2. The molecule has 0 bridgehead atoms. The van der Waals surface area contributed by atoms with Gasteiger partial charge in [0.05, 0.1) is 18.2 Å². The van der Waals surface area contributed by atoms with Gasteiger partial charge < -0.3 is 5.32 Å². The summed E-state index contributed by atoms with van der Waals surface area (Å²) in [5.41, 5.74) is 4.72. The minimum Gasteiger partial charge on any atom is -0.374 e. The van der Waals surface area contributed by atoms with Crippen molar-refractivity contribution in [2.45, 2.75) is 6.92 Å². The van der Waals surface area contributed by atoms with Gasteiger partial charge in [-0.2, -0.15) is 5.26 Å². The van der Waals surface area contributed by atoms with Gasteiger partial charge in [0.25, 0.3) is 0 Å². The average Bonchev–Trinajstić information content (AvgIpc) is 2.72. The topological polar surface area (TPSA) is 52.9 Å². The van der Waals surface area contributed by atoms with Gasteiger partial charge in [-0.05, 0) is 55.0 Å². The van der Waals surface area contributed by atoms with Crippen molar-refractivity contribution < 1.29 is 4.79 Å². The molecule has 1 N–H and O–H groups in total. The molecule has 0 aromatic heterocycles. The highest BCUT2D eigenvalue weighted by Gasteiger charge is 2.11. The van der Waals surface area contributed by atoms with E-state index in [0.29, 0.717) is 23.2 Å². The van der Waals surface area contributed by atoms with Crippen molar-refractivity contribution in [2.24, 2.45) is 0 Å². The third-order valence-corrected chi connectivity index (χ3v) is 4.13. The van der Waals surface area contributed by atoms with Gasteiger partial charge in [-0.3, -0.25) is 4.79 Å². The molecule has 3 rings (SSSR count). The first-order valence-electron chi connectivity index (χ1n) is 8.60. The molecule has 3 heteroatoms. The predicted octanol–water partition coefficient (Wildman–Crippen LogP) is 4.56. The number of carbonyl (C=O) groups is 1. The van der Waals surface area contributed by atoms with Gasteiger partial charge in [0.15, 0.2) is 5.78 Å². The van der Waals surface area contributed by atoms with Crippen molar-refractivity contribution >= 4 is 11.5 Å². The Labute approximate surface area is 159 Å². The van der Waals surface area contributed by atoms with Gasteiger partial charge in [-0.25, -0.2) is 0 Å². The van der Waals surface area contributed by atoms with Crippen molar-refractivity contribution in [1.82, 2.24) is 0 Å². The normalized spacial score (nSPS) is 9.63. The van der Waals surface area contributed by atoms with E-state index in [-0.39, 0.29) is 5.78 Å². The molecule has 0 heterocycles. The number of carbonyl (C=O) groups excluding carboxylic acids is 1. The minimum atomic E-state index is 0.0232. The van der Waals surface area contributed by atoms with Crippen molar-refractivity contribution in [3.8, 4) is 17.9 Å². The highest BCUT2D eigenvalue weighted by atomic mass is 16.1. The number of nitriles is 1. The summed E-state index contributed by atoms with van der Waals surface area (Å²) >= 11 is 0. The lowest BCUT2D eigenvalue weighted by Crippen LogP contribution is -2.03. The molecule has 0 fully saturated rings. The standard InChI is InChI=1S/C24H18N2O/c1-18-16-19(6-5-15-26-22-12-9-20(17-25)10-13-22)11-14-23(18)24(27)21-7-3-2-4-8-21/h2-4,7-14,16,26H,15H2,1H3. The second-order valence-corrected chi connectivity index (χ2v) is 6.07. The van der Waals surface area contributed by atoms with Gasteiger partial charge >= 0.3 is 0 Å². The van der Waals surface area contributed by atoms with Gasteiger partial charge in [0.1, 0.15) is 0 Å². The molecule has 0 amide bonds. The lowest BCUT2D eigenvalue weighted by molar-refractivity contribution is 0.103. The molecule has 0 aliphatic heterocycles. The van der Waals surface area contributed by atoms with E-state index in [1.54, 1.807) is 12.1 Å². The zero-order chi connectivity index (χ0) is 19.1. The Hall–Kier alpha value is -3.82. The smallest absolute Gasteiger partial charge is 0.193 e. The van der Waals surface area contributed by atoms with Crippen molar-refractivity contribution in [1.29, 1.82) is 5.26 Å². The second-order valence-electron chi connectivity index (χ2n) is 6.07. The molecule has 130 valence electrons. The molecule has 0 aliphatic carbocycles. The maximum absolute atomic E-state index is 12.6. The summed E-state index contributed by atoms with van der Waals surface area (Å²) in [7, 11) is 0. The van der Waals surface area contributed by atoms with Crippen LogP contribution in [0.3, 0.4) is 0 Å². The van der Waals surface area contributed by atoms with Crippen LogP contribution in [0.5, 0.6) is 0 Å². The summed E-state index contributed by atoms with van der Waals surface area (Å²) in [4.78, 5) is 12.6. The van der Waals surface area contributed by atoms with E-state index in [0.717, 1.165) is 16.8 Å². The predicted molar refractivity (Wildman–Crippen MR) is 108 cm³/mol. The molecule has 0 radical (unpaired) electrons. The molecule has 0 aliphatic rings. The maximum Gasteiger partial charge on any atom is 0.193 e. The van der Waals surface area contributed by atoms with E-state index in [2.05, 4.69) is 23.2 Å². The van der Waals surface area contributed by atoms with Crippen LogP contribution in [0.25, 0.3) is 0 Å². The third kappa shape index (κ3) is 4.63. The van der Waals surface area contributed by atoms with Crippen LogP contribution in [-0.4, -0.2) is 12.3 Å². The summed E-state index contributed by atoms with van der Waals surface area (Å²) < 4.78 is 0. The number of benzene rings is 3. The Bertz CT molecular complexity index is 1050. The molecule has 3 nitrogen and oxygen atoms in total. The maximum atomic E-state index is 12.6. The van der Waals surface area contributed by atoms with E-state index < -0.39 is 0 Å². The minimum absolute atomic E-state index is 0.0232. The van der Waals surface area contributed by atoms with Crippen LogP contribution >= 0.6 is 0 Å². The number of rotatable bonds is 4. The number of hydrogen-bond acceptors (Lipinski definition) is 3. The fraction of sp³-hybridized carbons (Fsp3) is 0.0833. The largest absolute Gasteiger partial charge is 0.374 e. The zero-order valence-electron chi connectivity index (χ0n) is 15.0. The van der Waals surface area contributed by atoms with Crippen LogP contribution in [-0.2, 0) is 0 Å². The molecule has 0 atom stereocenters. The summed E-state index contributed by atoms with van der Waals surface area (Å²) in [5, 5.41) is 12.0. The molecule has 0 saturated carbocycles. The van der Waals surface area contributed by atoms with E-state index >= 15 is 0 Å². The van der Waals surface area contributed by atoms with Crippen molar-refractivity contribution in [3.05, 3.63) is 101 Å². The van der Waals surface area contributed by atoms with Crippen LogP contribution in [0.1, 0.15) is 32.6 Å². The Kier molecular flexibility index (Phi) is 5.67. The molecule has 3 aromatic carbocycles. The lowest BCUT2D eigenvalue weighted by Gasteiger charge is -2.05. The highest BCUT2D eigenvalue weighted by Crippen LogP contribution is 2.15. The van der Waals surface area contributed by atoms with E-state index in [1.807, 2.05) is 67.6 Å². The zero-order valence-corrected chi connectivity index (χ0v) is 15.0. The molecule has 27 heavy (non-hydrogen) atoms. The van der Waals surface area contributed by atoms with Crippen molar-refractivity contribution in [3.63, 3.8) is 0 Å². The van der Waals surface area contributed by atoms with Crippen LogP contribution in [0.2, 0.25) is 0 Å². The Morgan fingerprint density at radius 1 is 0.963 bits per heavy atom. The third-order valence-electron chi connectivity index (χ3n) is 4.13. The quantitative estimate of drug-likeness (QED) is 0.554.